The van der Waals surface area contributed by atoms with Gasteiger partial charge in [0.2, 0.25) is 0 Å². The van der Waals surface area contributed by atoms with Crippen molar-refractivity contribution in [3.05, 3.63) is 54.2 Å². The molecule has 0 aliphatic heterocycles. The fourth-order valence-electron chi connectivity index (χ4n) is 1.75. The topological polar surface area (TPSA) is 52.4 Å². The summed E-state index contributed by atoms with van der Waals surface area (Å²) in [6, 6.07) is 5.24. The number of hydrogen-bond donors (Lipinski definition) is 0. The number of halogens is 1. The van der Waals surface area contributed by atoms with Crippen molar-refractivity contribution >= 4 is 33.0 Å². The average Bonchev–Trinajstić information content (AvgIpc) is 2.73. The number of benzene rings is 1. The lowest BCUT2D eigenvalue weighted by Crippen LogP contribution is -1.98. The Labute approximate surface area is 123 Å². The summed E-state index contributed by atoms with van der Waals surface area (Å²) in [6.07, 6.45) is 0. The Hall–Kier alpha value is -1.40. The van der Waals surface area contributed by atoms with E-state index in [9.17, 15) is 10.1 Å². The zero-order chi connectivity index (χ0) is 14.0. The van der Waals surface area contributed by atoms with E-state index in [2.05, 4.69) is 15.9 Å². The van der Waals surface area contributed by atoms with Crippen LogP contribution in [0.3, 0.4) is 0 Å². The lowest BCUT2D eigenvalue weighted by molar-refractivity contribution is -0.385. The zero-order valence-corrected chi connectivity index (χ0v) is 12.9. The molecule has 0 amide bonds. The first-order valence-electron chi connectivity index (χ1n) is 5.58. The summed E-state index contributed by atoms with van der Waals surface area (Å²) in [4.78, 5) is 11.6. The lowest BCUT2D eigenvalue weighted by atomic mass is 10.1. The van der Waals surface area contributed by atoms with Gasteiger partial charge in [0.1, 0.15) is 12.4 Å². The van der Waals surface area contributed by atoms with Gasteiger partial charge in [0, 0.05) is 20.3 Å². The molecule has 0 unspecified atom stereocenters. The van der Waals surface area contributed by atoms with Crippen molar-refractivity contribution in [1.82, 2.24) is 0 Å². The predicted molar refractivity (Wildman–Crippen MR) is 78.9 cm³/mol. The molecule has 6 heteroatoms. The minimum absolute atomic E-state index is 0.0907. The molecule has 0 atom stereocenters. The molecule has 0 radical (unpaired) electrons. The zero-order valence-electron chi connectivity index (χ0n) is 10.5. The first kappa shape index (κ1) is 14.0. The van der Waals surface area contributed by atoms with Crippen molar-refractivity contribution in [1.29, 1.82) is 0 Å². The van der Waals surface area contributed by atoms with E-state index in [0.29, 0.717) is 17.9 Å². The van der Waals surface area contributed by atoms with Gasteiger partial charge < -0.3 is 4.74 Å². The van der Waals surface area contributed by atoms with E-state index >= 15 is 0 Å². The van der Waals surface area contributed by atoms with Crippen molar-refractivity contribution in [3.63, 3.8) is 0 Å². The monoisotopic (exact) mass is 341 g/mol. The van der Waals surface area contributed by atoms with Crippen molar-refractivity contribution in [2.24, 2.45) is 0 Å². The van der Waals surface area contributed by atoms with Crippen molar-refractivity contribution < 1.29 is 9.66 Å². The number of thiophene rings is 1. The summed E-state index contributed by atoms with van der Waals surface area (Å²) < 4.78 is 6.68. The molecule has 2 rings (SSSR count). The van der Waals surface area contributed by atoms with Crippen LogP contribution in [0.5, 0.6) is 5.75 Å². The van der Waals surface area contributed by atoms with Crippen LogP contribution in [-0.4, -0.2) is 4.92 Å². The second-order valence-corrected chi connectivity index (χ2v) is 6.09. The van der Waals surface area contributed by atoms with Gasteiger partial charge in [0.15, 0.2) is 0 Å². The molecule has 0 spiro atoms. The van der Waals surface area contributed by atoms with E-state index in [1.54, 1.807) is 24.3 Å². The fraction of sp³-hybridized carbons (Fsp3) is 0.231. The molecular weight excluding hydrogens is 330 g/mol. The first-order chi connectivity index (χ1) is 8.97. The highest BCUT2D eigenvalue weighted by molar-refractivity contribution is 9.10. The molecule has 0 saturated heterocycles. The molecule has 0 aliphatic carbocycles. The van der Waals surface area contributed by atoms with Crippen LogP contribution < -0.4 is 4.74 Å². The summed E-state index contributed by atoms with van der Waals surface area (Å²) >= 11 is 4.96. The Bertz CT molecular complexity index is 624. The Morgan fingerprint density at radius 2 is 2.05 bits per heavy atom. The molecule has 1 aromatic heterocycles. The van der Waals surface area contributed by atoms with E-state index in [1.807, 2.05) is 18.4 Å². The van der Waals surface area contributed by atoms with Gasteiger partial charge in [-0.15, -0.1) is 11.3 Å². The Morgan fingerprint density at radius 3 is 2.63 bits per heavy atom. The van der Waals surface area contributed by atoms with Gasteiger partial charge in [-0.25, -0.2) is 0 Å². The van der Waals surface area contributed by atoms with Gasteiger partial charge in [-0.05, 0) is 47.5 Å². The van der Waals surface area contributed by atoms with Crippen LogP contribution in [0.1, 0.15) is 16.0 Å². The maximum absolute atomic E-state index is 10.9. The van der Waals surface area contributed by atoms with Crippen LogP contribution >= 0.6 is 27.3 Å². The maximum Gasteiger partial charge on any atom is 0.276 e. The third kappa shape index (κ3) is 3.33. The molecule has 4 nitrogen and oxygen atoms in total. The van der Waals surface area contributed by atoms with Crippen LogP contribution in [0.4, 0.5) is 5.69 Å². The number of nitrogens with zero attached hydrogens (tertiary/aromatic N) is 1. The SMILES string of the molecule is Cc1cc(C)c([N+](=O)[O-])cc1OCc1cc(Br)cs1. The standard InChI is InChI=1S/C13H12BrNO3S/c1-8-3-9(2)13(5-12(8)15(16)17)18-6-11-4-10(14)7-19-11/h3-5,7H,6H2,1-2H3. The van der Waals surface area contributed by atoms with E-state index < -0.39 is 0 Å². The van der Waals surface area contributed by atoms with E-state index in [0.717, 1.165) is 14.9 Å². The van der Waals surface area contributed by atoms with Crippen molar-refractivity contribution in [2.75, 3.05) is 0 Å². The molecule has 0 aliphatic rings. The van der Waals surface area contributed by atoms with Gasteiger partial charge in [0.25, 0.3) is 5.69 Å². The summed E-state index contributed by atoms with van der Waals surface area (Å²) in [5.74, 6) is 0.557. The smallest absolute Gasteiger partial charge is 0.276 e. The minimum Gasteiger partial charge on any atom is -0.488 e. The van der Waals surface area contributed by atoms with Gasteiger partial charge in [-0.1, -0.05) is 0 Å². The summed E-state index contributed by atoms with van der Waals surface area (Å²) in [5.41, 5.74) is 1.64. The molecule has 19 heavy (non-hydrogen) atoms. The third-order valence-electron chi connectivity index (χ3n) is 2.68. The largest absolute Gasteiger partial charge is 0.488 e. The maximum atomic E-state index is 10.9. The van der Waals surface area contributed by atoms with Gasteiger partial charge in [-0.3, -0.25) is 10.1 Å². The number of hydrogen-bond acceptors (Lipinski definition) is 4. The summed E-state index contributed by atoms with van der Waals surface area (Å²) in [6.45, 7) is 4.03. The summed E-state index contributed by atoms with van der Waals surface area (Å²) in [7, 11) is 0. The number of ether oxygens (including phenoxy) is 1. The van der Waals surface area contributed by atoms with Crippen LogP contribution in [0.25, 0.3) is 0 Å². The molecule has 0 saturated carbocycles. The molecule has 1 aromatic carbocycles. The Morgan fingerprint density at radius 1 is 1.32 bits per heavy atom. The molecule has 0 fully saturated rings. The lowest BCUT2D eigenvalue weighted by Gasteiger charge is -2.09. The Balaban J connectivity index is 2.20. The predicted octanol–water partition coefficient (Wildman–Crippen LogP) is 4.61. The third-order valence-corrected chi connectivity index (χ3v) is 4.35. The minimum atomic E-state index is -0.386. The molecule has 2 aromatic rings. The molecule has 0 N–H and O–H groups in total. The van der Waals surface area contributed by atoms with E-state index in [-0.39, 0.29) is 10.6 Å². The summed E-state index contributed by atoms with van der Waals surface area (Å²) in [5, 5.41) is 12.9. The van der Waals surface area contributed by atoms with Crippen LogP contribution in [0, 0.1) is 24.0 Å². The van der Waals surface area contributed by atoms with Gasteiger partial charge >= 0.3 is 0 Å². The molecule has 100 valence electrons. The second kappa shape index (κ2) is 5.71. The van der Waals surface area contributed by atoms with Crippen molar-refractivity contribution in [3.8, 4) is 5.75 Å². The van der Waals surface area contributed by atoms with E-state index in [1.165, 1.54) is 6.07 Å². The van der Waals surface area contributed by atoms with Crippen LogP contribution in [-0.2, 0) is 6.61 Å². The Kier molecular flexibility index (Phi) is 4.21. The quantitative estimate of drug-likeness (QED) is 0.602. The highest BCUT2D eigenvalue weighted by atomic mass is 79.9. The first-order valence-corrected chi connectivity index (χ1v) is 7.26. The van der Waals surface area contributed by atoms with E-state index in [4.69, 9.17) is 4.74 Å². The molecular formula is C13H12BrNO3S. The number of nitro benzene ring substituents is 1. The number of aryl methyl sites for hydroxylation is 2. The van der Waals surface area contributed by atoms with Gasteiger partial charge in [-0.2, -0.15) is 0 Å². The van der Waals surface area contributed by atoms with Gasteiger partial charge in [0.05, 0.1) is 11.0 Å². The molecule has 0 bridgehead atoms. The normalized spacial score (nSPS) is 10.5. The van der Waals surface area contributed by atoms with Crippen LogP contribution in [0.15, 0.2) is 28.1 Å². The highest BCUT2D eigenvalue weighted by Crippen LogP contribution is 2.29. The molecule has 1 heterocycles. The average molecular weight is 342 g/mol. The number of nitro groups is 1. The van der Waals surface area contributed by atoms with Crippen molar-refractivity contribution in [2.45, 2.75) is 20.5 Å². The highest BCUT2D eigenvalue weighted by Gasteiger charge is 2.14. The van der Waals surface area contributed by atoms with Crippen LogP contribution in [0.2, 0.25) is 0 Å². The number of rotatable bonds is 4. The second-order valence-electron chi connectivity index (χ2n) is 4.18. The fourth-order valence-corrected chi connectivity index (χ4v) is 3.11.